The number of carbonyl (C=O) groups is 4. The van der Waals surface area contributed by atoms with Crippen LogP contribution < -0.4 is 0 Å². The lowest BCUT2D eigenvalue weighted by Gasteiger charge is -2.21. The number of ether oxygens (including phenoxy) is 4. The van der Waals surface area contributed by atoms with Gasteiger partial charge >= 0.3 is 39.5 Å². The number of aliphatic hydroxyl groups is 1. The number of aliphatic hydroxyl groups excluding tert-OH is 1. The minimum atomic E-state index is -4.96. The van der Waals surface area contributed by atoms with Gasteiger partial charge < -0.3 is 33.8 Å². The van der Waals surface area contributed by atoms with Crippen molar-refractivity contribution in [3.05, 3.63) is 0 Å². The first-order valence-corrected chi connectivity index (χ1v) is 43.7. The van der Waals surface area contributed by atoms with Crippen molar-refractivity contribution in [3.63, 3.8) is 0 Å². The number of unbranched alkanes of at least 4 members (excludes halogenated alkanes) is 42. The molecule has 0 fully saturated rings. The van der Waals surface area contributed by atoms with Crippen LogP contribution in [0.25, 0.3) is 0 Å². The first-order chi connectivity index (χ1) is 47.1. The van der Waals surface area contributed by atoms with E-state index >= 15 is 0 Å². The highest BCUT2D eigenvalue weighted by atomic mass is 31.2. The summed E-state index contributed by atoms with van der Waals surface area (Å²) in [5, 5.41) is 10.6. The highest BCUT2D eigenvalue weighted by molar-refractivity contribution is 7.47. The van der Waals surface area contributed by atoms with Crippen molar-refractivity contribution in [3.8, 4) is 0 Å². The molecule has 0 radical (unpaired) electrons. The normalized spacial score (nSPS) is 14.1. The summed E-state index contributed by atoms with van der Waals surface area (Å²) in [6.45, 7) is 14.1. The maximum absolute atomic E-state index is 13.1. The zero-order valence-corrected chi connectivity index (χ0v) is 66.2. The SMILES string of the molecule is CC(C)CCCCCCCCCCCCCCCCCCCCC(=O)OC[C@H](COP(=O)(O)OC[C@@H](O)COP(=O)(O)OC[C@@H](COC(=O)CCCCCCCCC(C)C)OC(=O)CCCCCCCCCC(C)C)OC(=O)CCCCCCCCCCCCCCCCCC(C)C. The van der Waals surface area contributed by atoms with E-state index in [2.05, 4.69) is 55.4 Å². The first kappa shape index (κ1) is 96.1. The first-order valence-electron chi connectivity index (χ1n) is 40.7. The van der Waals surface area contributed by atoms with Crippen molar-refractivity contribution in [1.82, 2.24) is 0 Å². The molecule has 3 N–H and O–H groups in total. The van der Waals surface area contributed by atoms with Gasteiger partial charge in [-0.15, -0.1) is 0 Å². The molecule has 0 spiro atoms. The summed E-state index contributed by atoms with van der Waals surface area (Å²) >= 11 is 0. The minimum absolute atomic E-state index is 0.102. The number of esters is 4. The predicted molar refractivity (Wildman–Crippen MR) is 400 cm³/mol. The van der Waals surface area contributed by atoms with Crippen LogP contribution in [0.2, 0.25) is 0 Å². The predicted octanol–water partition coefficient (Wildman–Crippen LogP) is 23.2. The molecule has 0 aliphatic heterocycles. The van der Waals surface area contributed by atoms with E-state index < -0.39 is 97.5 Å². The highest BCUT2D eigenvalue weighted by Gasteiger charge is 2.30. The van der Waals surface area contributed by atoms with Crippen molar-refractivity contribution in [2.75, 3.05) is 39.6 Å². The Labute approximate surface area is 600 Å². The van der Waals surface area contributed by atoms with Crippen molar-refractivity contribution < 1.29 is 80.2 Å². The summed E-state index contributed by atoms with van der Waals surface area (Å²) in [7, 11) is -9.91. The van der Waals surface area contributed by atoms with E-state index in [1.807, 2.05) is 0 Å². The Morgan fingerprint density at radius 1 is 0.255 bits per heavy atom. The van der Waals surface area contributed by atoms with Gasteiger partial charge in [-0.3, -0.25) is 37.3 Å². The maximum Gasteiger partial charge on any atom is 0.472 e. The van der Waals surface area contributed by atoms with E-state index in [0.29, 0.717) is 37.5 Å². The van der Waals surface area contributed by atoms with Gasteiger partial charge in [0, 0.05) is 25.7 Å². The van der Waals surface area contributed by atoms with E-state index in [1.54, 1.807) is 0 Å². The summed E-state index contributed by atoms with van der Waals surface area (Å²) < 4.78 is 68.5. The molecule has 0 aliphatic rings. The van der Waals surface area contributed by atoms with Crippen LogP contribution in [0, 0.1) is 23.7 Å². The smallest absolute Gasteiger partial charge is 0.462 e. The molecule has 0 aromatic rings. The van der Waals surface area contributed by atoms with Crippen LogP contribution in [-0.4, -0.2) is 96.7 Å². The summed E-state index contributed by atoms with van der Waals surface area (Å²) in [5.41, 5.74) is 0. The molecule has 5 atom stereocenters. The molecule has 0 aromatic carbocycles. The van der Waals surface area contributed by atoms with Crippen LogP contribution in [0.5, 0.6) is 0 Å². The van der Waals surface area contributed by atoms with Gasteiger partial charge in [-0.1, -0.05) is 351 Å². The minimum Gasteiger partial charge on any atom is -0.462 e. The third kappa shape index (κ3) is 72.4. The van der Waals surface area contributed by atoms with Crippen molar-refractivity contribution in [1.29, 1.82) is 0 Å². The van der Waals surface area contributed by atoms with E-state index in [4.69, 9.17) is 37.0 Å². The fourth-order valence-electron chi connectivity index (χ4n) is 12.1. The van der Waals surface area contributed by atoms with Crippen LogP contribution in [0.3, 0.4) is 0 Å². The van der Waals surface area contributed by atoms with Crippen molar-refractivity contribution in [2.45, 2.75) is 420 Å². The molecular formula is C79H154O17P2. The standard InChI is InChI=1S/C79H154O17P2/c1-69(2)55-47-39-31-26-22-18-14-11-9-10-12-16-20-24-28-34-43-51-59-76(81)89-65-74(95-78(83)61-53-45-35-29-25-21-17-13-15-19-23-27-32-40-48-56-70(3)4)67-93-97(85,86)91-63-73(80)64-92-98(87,88)94-68-75(66-90-77(82)60-52-44-38-37-42-50-58-72(7)8)96-79(84)62-54-46-36-30-33-41-49-57-71(5)6/h69-75,80H,9-68H2,1-8H3,(H,85,86)(H,87,88)/t73-,74-,75-/m1/s1. The van der Waals surface area contributed by atoms with Gasteiger partial charge in [0.25, 0.3) is 0 Å². The second-order valence-electron chi connectivity index (χ2n) is 30.4. The summed E-state index contributed by atoms with van der Waals surface area (Å²) in [6.07, 6.45) is 54.6. The van der Waals surface area contributed by atoms with Crippen LogP contribution >= 0.6 is 15.6 Å². The number of carbonyl (C=O) groups excluding carboxylic acids is 4. The third-order valence-corrected chi connectivity index (χ3v) is 20.2. The molecule has 19 heteroatoms. The van der Waals surface area contributed by atoms with Crippen molar-refractivity contribution in [2.24, 2.45) is 23.7 Å². The zero-order chi connectivity index (χ0) is 72.4. The van der Waals surface area contributed by atoms with Gasteiger partial charge in [0.1, 0.15) is 19.3 Å². The van der Waals surface area contributed by atoms with Crippen LogP contribution in [0.4, 0.5) is 0 Å². The average Bonchev–Trinajstić information content (AvgIpc) is 1.10. The van der Waals surface area contributed by atoms with E-state index in [1.165, 1.54) is 199 Å². The Kier molecular flexibility index (Phi) is 66.8. The third-order valence-electron chi connectivity index (χ3n) is 18.3. The highest BCUT2D eigenvalue weighted by Crippen LogP contribution is 2.45. The molecule has 0 bridgehead atoms. The van der Waals surface area contributed by atoms with Gasteiger partial charge in [-0.05, 0) is 49.4 Å². The monoisotopic (exact) mass is 1440 g/mol. The van der Waals surface area contributed by atoms with E-state index in [0.717, 1.165) is 108 Å². The molecule has 0 aromatic heterocycles. The van der Waals surface area contributed by atoms with E-state index in [9.17, 15) is 43.2 Å². The molecule has 0 saturated carbocycles. The molecule has 0 heterocycles. The number of rotatable bonds is 76. The molecule has 0 rings (SSSR count). The summed E-state index contributed by atoms with van der Waals surface area (Å²) in [6, 6.07) is 0. The molecule has 582 valence electrons. The number of hydrogen-bond donors (Lipinski definition) is 3. The molecule has 2 unspecified atom stereocenters. The van der Waals surface area contributed by atoms with Crippen LogP contribution in [0.1, 0.15) is 402 Å². The summed E-state index contributed by atoms with van der Waals surface area (Å²) in [4.78, 5) is 72.8. The largest absolute Gasteiger partial charge is 0.472 e. The Balaban J connectivity index is 5.18. The Morgan fingerprint density at radius 3 is 0.633 bits per heavy atom. The number of phosphoric acid groups is 2. The second-order valence-corrected chi connectivity index (χ2v) is 33.3. The Hall–Kier alpha value is -1.94. The lowest BCUT2D eigenvalue weighted by Crippen LogP contribution is -2.30. The van der Waals surface area contributed by atoms with Crippen molar-refractivity contribution >= 4 is 39.5 Å². The van der Waals surface area contributed by atoms with Crippen LogP contribution in [0.15, 0.2) is 0 Å². The van der Waals surface area contributed by atoms with Gasteiger partial charge in [-0.25, -0.2) is 9.13 Å². The molecular weight excluding hydrogens is 1280 g/mol. The molecule has 0 aliphatic carbocycles. The molecule has 0 amide bonds. The Morgan fingerprint density at radius 2 is 0.429 bits per heavy atom. The number of hydrogen-bond acceptors (Lipinski definition) is 15. The van der Waals surface area contributed by atoms with Gasteiger partial charge in [-0.2, -0.15) is 0 Å². The second kappa shape index (κ2) is 68.2. The lowest BCUT2D eigenvalue weighted by molar-refractivity contribution is -0.161. The molecule has 17 nitrogen and oxygen atoms in total. The van der Waals surface area contributed by atoms with Crippen LogP contribution in [-0.2, 0) is 65.4 Å². The average molecular weight is 1440 g/mol. The van der Waals surface area contributed by atoms with Gasteiger partial charge in [0.15, 0.2) is 12.2 Å². The Bertz CT molecular complexity index is 1920. The number of phosphoric ester groups is 2. The molecule has 98 heavy (non-hydrogen) atoms. The fraction of sp³-hybridized carbons (Fsp3) is 0.949. The quantitative estimate of drug-likeness (QED) is 0.0222. The zero-order valence-electron chi connectivity index (χ0n) is 64.4. The molecule has 0 saturated heterocycles. The van der Waals surface area contributed by atoms with Gasteiger partial charge in [0.05, 0.1) is 26.4 Å². The topological polar surface area (TPSA) is 237 Å². The lowest BCUT2D eigenvalue weighted by atomic mass is 10.0. The summed E-state index contributed by atoms with van der Waals surface area (Å²) in [5.74, 6) is 0.879. The maximum atomic E-state index is 13.1. The fourth-order valence-corrected chi connectivity index (χ4v) is 13.7. The van der Waals surface area contributed by atoms with Gasteiger partial charge in [0.2, 0.25) is 0 Å². The van der Waals surface area contributed by atoms with E-state index in [-0.39, 0.29) is 25.7 Å².